The molecule has 1 amide bonds. The van der Waals surface area contributed by atoms with Crippen LogP contribution in [0.5, 0.6) is 0 Å². The number of aromatic nitrogens is 2. The summed E-state index contributed by atoms with van der Waals surface area (Å²) in [6, 6.07) is 16.8. The SMILES string of the molecule is COCCn1c(SC(C)C(=O)Nc2cccc(C#N)c2)nc2ccccc21. The third kappa shape index (κ3) is 4.48. The van der Waals surface area contributed by atoms with Crippen LogP contribution < -0.4 is 5.32 Å². The Hall–Kier alpha value is -2.82. The first-order valence-electron chi connectivity index (χ1n) is 8.54. The normalized spacial score (nSPS) is 11.9. The maximum Gasteiger partial charge on any atom is 0.237 e. The summed E-state index contributed by atoms with van der Waals surface area (Å²) in [7, 11) is 1.66. The molecule has 1 unspecified atom stereocenters. The highest BCUT2D eigenvalue weighted by Crippen LogP contribution is 2.28. The molecule has 3 rings (SSSR count). The van der Waals surface area contributed by atoms with Crippen molar-refractivity contribution in [3.63, 3.8) is 0 Å². The van der Waals surface area contributed by atoms with Crippen molar-refractivity contribution in [3.05, 3.63) is 54.1 Å². The molecular formula is C20H20N4O2S. The Labute approximate surface area is 162 Å². The van der Waals surface area contributed by atoms with E-state index in [0.717, 1.165) is 16.2 Å². The number of hydrogen-bond donors (Lipinski definition) is 1. The Bertz CT molecular complexity index is 993. The minimum absolute atomic E-state index is 0.138. The lowest BCUT2D eigenvalue weighted by molar-refractivity contribution is -0.115. The zero-order valence-corrected chi connectivity index (χ0v) is 16.0. The summed E-state index contributed by atoms with van der Waals surface area (Å²) in [5.41, 5.74) is 3.03. The molecule has 27 heavy (non-hydrogen) atoms. The molecule has 0 spiro atoms. The number of imidazole rings is 1. The van der Waals surface area contributed by atoms with Crippen molar-refractivity contribution in [2.45, 2.75) is 23.9 Å². The molecule has 1 atom stereocenters. The number of fused-ring (bicyclic) bond motifs is 1. The van der Waals surface area contributed by atoms with Crippen LogP contribution in [0, 0.1) is 11.3 Å². The molecule has 0 bridgehead atoms. The first-order chi connectivity index (χ1) is 13.1. The Morgan fingerprint density at radius 1 is 1.33 bits per heavy atom. The summed E-state index contributed by atoms with van der Waals surface area (Å²) >= 11 is 1.40. The van der Waals surface area contributed by atoms with E-state index < -0.39 is 0 Å². The Morgan fingerprint density at radius 3 is 2.93 bits per heavy atom. The molecule has 1 N–H and O–H groups in total. The summed E-state index contributed by atoms with van der Waals surface area (Å²) in [6.07, 6.45) is 0. The van der Waals surface area contributed by atoms with Gasteiger partial charge in [-0.1, -0.05) is 30.0 Å². The van der Waals surface area contributed by atoms with E-state index in [9.17, 15) is 4.79 Å². The second-order valence-electron chi connectivity index (χ2n) is 5.97. The lowest BCUT2D eigenvalue weighted by Crippen LogP contribution is -2.23. The fourth-order valence-electron chi connectivity index (χ4n) is 2.66. The number of benzene rings is 2. The van der Waals surface area contributed by atoms with Crippen molar-refractivity contribution in [1.82, 2.24) is 9.55 Å². The van der Waals surface area contributed by atoms with Gasteiger partial charge in [0.15, 0.2) is 5.16 Å². The van der Waals surface area contributed by atoms with Crippen LogP contribution in [0.2, 0.25) is 0 Å². The first kappa shape index (κ1) is 19.0. The van der Waals surface area contributed by atoms with Gasteiger partial charge in [-0.25, -0.2) is 4.98 Å². The molecule has 0 saturated carbocycles. The Balaban J connectivity index is 1.77. The maximum absolute atomic E-state index is 12.6. The molecule has 0 saturated heterocycles. The third-order valence-electron chi connectivity index (χ3n) is 4.05. The van der Waals surface area contributed by atoms with Crippen LogP contribution in [0.1, 0.15) is 12.5 Å². The second-order valence-corrected chi connectivity index (χ2v) is 7.28. The number of nitriles is 1. The van der Waals surface area contributed by atoms with Crippen LogP contribution in [0.4, 0.5) is 5.69 Å². The van der Waals surface area contributed by atoms with Crippen molar-refractivity contribution < 1.29 is 9.53 Å². The first-order valence-corrected chi connectivity index (χ1v) is 9.42. The molecule has 6 nitrogen and oxygen atoms in total. The standard InChI is InChI=1S/C20H20N4O2S/c1-14(19(25)22-16-7-5-6-15(12-16)13-21)27-20-23-17-8-3-4-9-18(17)24(20)10-11-26-2/h3-9,12,14H,10-11H2,1-2H3,(H,22,25). The van der Waals surface area contributed by atoms with Crippen LogP contribution in [-0.2, 0) is 16.1 Å². The van der Waals surface area contributed by atoms with Gasteiger partial charge in [0.1, 0.15) is 0 Å². The number of hydrogen-bond acceptors (Lipinski definition) is 5. The second kappa shape index (κ2) is 8.71. The minimum Gasteiger partial charge on any atom is -0.383 e. The summed E-state index contributed by atoms with van der Waals surface area (Å²) in [5, 5.41) is 12.3. The molecule has 3 aromatic rings. The Morgan fingerprint density at radius 2 is 2.15 bits per heavy atom. The number of para-hydroxylation sites is 2. The highest BCUT2D eigenvalue weighted by molar-refractivity contribution is 8.00. The molecule has 7 heteroatoms. The van der Waals surface area contributed by atoms with E-state index in [0.29, 0.717) is 24.4 Å². The molecule has 0 radical (unpaired) electrons. The summed E-state index contributed by atoms with van der Waals surface area (Å²) in [6.45, 7) is 3.07. The van der Waals surface area contributed by atoms with Gasteiger partial charge in [0.25, 0.3) is 0 Å². The van der Waals surface area contributed by atoms with Crippen LogP contribution in [0.3, 0.4) is 0 Å². The summed E-state index contributed by atoms with van der Waals surface area (Å²) < 4.78 is 7.28. The third-order valence-corrected chi connectivity index (χ3v) is 5.14. The number of thioether (sulfide) groups is 1. The predicted molar refractivity (Wildman–Crippen MR) is 107 cm³/mol. The molecule has 0 aliphatic carbocycles. The van der Waals surface area contributed by atoms with Gasteiger partial charge in [0.05, 0.1) is 34.5 Å². The molecule has 0 aliphatic heterocycles. The number of carbonyl (C=O) groups excluding carboxylic acids is 1. The van der Waals surface area contributed by atoms with Gasteiger partial charge in [0, 0.05) is 19.3 Å². The van der Waals surface area contributed by atoms with Gasteiger partial charge in [-0.05, 0) is 37.3 Å². The quantitative estimate of drug-likeness (QED) is 0.633. The number of nitrogens with zero attached hydrogens (tertiary/aromatic N) is 3. The number of anilines is 1. The van der Waals surface area contributed by atoms with E-state index in [1.54, 1.807) is 31.4 Å². The summed E-state index contributed by atoms with van der Waals surface area (Å²) in [4.78, 5) is 17.3. The van der Waals surface area contributed by atoms with Gasteiger partial charge in [-0.3, -0.25) is 4.79 Å². The highest BCUT2D eigenvalue weighted by Gasteiger charge is 2.19. The molecule has 0 fully saturated rings. The van der Waals surface area contributed by atoms with Crippen molar-refractivity contribution in [2.24, 2.45) is 0 Å². The van der Waals surface area contributed by atoms with Gasteiger partial charge in [-0.15, -0.1) is 0 Å². The fourth-order valence-corrected chi connectivity index (χ4v) is 3.61. The van der Waals surface area contributed by atoms with Gasteiger partial charge >= 0.3 is 0 Å². The van der Waals surface area contributed by atoms with Gasteiger partial charge in [0.2, 0.25) is 5.91 Å². The van der Waals surface area contributed by atoms with Gasteiger partial charge in [-0.2, -0.15) is 5.26 Å². The largest absolute Gasteiger partial charge is 0.383 e. The van der Waals surface area contributed by atoms with Gasteiger partial charge < -0.3 is 14.6 Å². The molecule has 138 valence electrons. The van der Waals surface area contributed by atoms with Crippen LogP contribution >= 0.6 is 11.8 Å². The maximum atomic E-state index is 12.6. The van der Waals surface area contributed by atoms with E-state index in [2.05, 4.69) is 20.9 Å². The van der Waals surface area contributed by atoms with E-state index in [1.165, 1.54) is 11.8 Å². The van der Waals surface area contributed by atoms with Crippen molar-refractivity contribution in [3.8, 4) is 6.07 Å². The van der Waals surface area contributed by atoms with Crippen molar-refractivity contribution in [2.75, 3.05) is 19.0 Å². The molecule has 0 aliphatic rings. The smallest absolute Gasteiger partial charge is 0.237 e. The van der Waals surface area contributed by atoms with E-state index in [1.807, 2.05) is 31.2 Å². The van der Waals surface area contributed by atoms with Crippen molar-refractivity contribution >= 4 is 34.4 Å². The lowest BCUT2D eigenvalue weighted by atomic mass is 10.2. The van der Waals surface area contributed by atoms with Crippen LogP contribution in [-0.4, -0.2) is 34.4 Å². The number of carbonyl (C=O) groups is 1. The lowest BCUT2D eigenvalue weighted by Gasteiger charge is -2.13. The van der Waals surface area contributed by atoms with E-state index in [-0.39, 0.29) is 11.2 Å². The molecule has 1 heterocycles. The minimum atomic E-state index is -0.353. The number of ether oxygens (including phenoxy) is 1. The molecule has 2 aromatic carbocycles. The van der Waals surface area contributed by atoms with Crippen LogP contribution in [0.25, 0.3) is 11.0 Å². The average Bonchev–Trinajstić information content (AvgIpc) is 3.03. The number of nitrogens with one attached hydrogen (secondary N) is 1. The van der Waals surface area contributed by atoms with Crippen LogP contribution in [0.15, 0.2) is 53.7 Å². The zero-order chi connectivity index (χ0) is 19.2. The predicted octanol–water partition coefficient (Wildman–Crippen LogP) is 3.67. The zero-order valence-electron chi connectivity index (χ0n) is 15.2. The van der Waals surface area contributed by atoms with E-state index >= 15 is 0 Å². The van der Waals surface area contributed by atoms with Crippen molar-refractivity contribution in [1.29, 1.82) is 5.26 Å². The monoisotopic (exact) mass is 380 g/mol. The highest BCUT2D eigenvalue weighted by atomic mass is 32.2. The number of rotatable bonds is 7. The Kier molecular flexibility index (Phi) is 6.12. The molecule has 1 aromatic heterocycles. The van der Waals surface area contributed by atoms with E-state index in [4.69, 9.17) is 10.00 Å². The number of amides is 1. The molecular weight excluding hydrogens is 360 g/mol. The average molecular weight is 380 g/mol. The summed E-state index contributed by atoms with van der Waals surface area (Å²) in [5.74, 6) is -0.138. The topological polar surface area (TPSA) is 79.9 Å². The number of methoxy groups -OCH3 is 1. The fraction of sp³-hybridized carbons (Fsp3) is 0.250.